The van der Waals surface area contributed by atoms with Crippen LogP contribution in [-0.4, -0.2) is 24.2 Å². The number of carbonyl (C=O) groups excluding carboxylic acids is 1. The Morgan fingerprint density at radius 1 is 1.27 bits per heavy atom. The van der Waals surface area contributed by atoms with Gasteiger partial charge in [0.1, 0.15) is 12.3 Å². The number of methoxy groups -OCH3 is 1. The molecule has 0 aliphatic rings. The number of hydrogen-bond acceptors (Lipinski definition) is 5. The van der Waals surface area contributed by atoms with Crippen LogP contribution in [0.1, 0.15) is 41.6 Å². The molecule has 0 fully saturated rings. The van der Waals surface area contributed by atoms with Gasteiger partial charge >= 0.3 is 0 Å². The van der Waals surface area contributed by atoms with Crippen LogP contribution in [0.2, 0.25) is 0 Å². The van der Waals surface area contributed by atoms with E-state index in [1.807, 2.05) is 37.3 Å². The molecule has 0 saturated heterocycles. The normalized spacial score (nSPS) is 12.3. The Balaban J connectivity index is 1.77. The first-order valence-corrected chi connectivity index (χ1v) is 7.32. The van der Waals surface area contributed by atoms with Crippen molar-refractivity contribution >= 4 is 5.78 Å². The Morgan fingerprint density at radius 2 is 2.05 bits per heavy atom. The first-order valence-electron chi connectivity index (χ1n) is 7.32. The number of hydrogen-bond donors (Lipinski definition) is 0. The maximum Gasteiger partial charge on any atom is 0.184 e. The molecule has 0 amide bonds. The van der Waals surface area contributed by atoms with E-state index in [1.165, 1.54) is 0 Å². The standard InChI is InChI=1S/C17H21NO4/c1-13(20-2)8-9-17(19)16-10-15(22-18-16)12-21-11-14-6-4-3-5-7-14/h3-7,10,13H,8-9,11-12H2,1-2H3. The zero-order valence-electron chi connectivity index (χ0n) is 13.0. The molecular formula is C17H21NO4. The predicted octanol–water partition coefficient (Wildman–Crippen LogP) is 3.39. The van der Waals surface area contributed by atoms with Crippen LogP contribution in [0, 0.1) is 0 Å². The van der Waals surface area contributed by atoms with Crippen molar-refractivity contribution in [1.82, 2.24) is 5.16 Å². The van der Waals surface area contributed by atoms with Crippen LogP contribution >= 0.6 is 0 Å². The summed E-state index contributed by atoms with van der Waals surface area (Å²) >= 11 is 0. The average molecular weight is 303 g/mol. The quantitative estimate of drug-likeness (QED) is 0.664. The molecule has 2 rings (SSSR count). The summed E-state index contributed by atoms with van der Waals surface area (Å²) in [6, 6.07) is 11.5. The minimum atomic E-state index is -0.0399. The second-order valence-electron chi connectivity index (χ2n) is 5.17. The van der Waals surface area contributed by atoms with Gasteiger partial charge in [0.15, 0.2) is 11.5 Å². The molecule has 1 atom stereocenters. The second-order valence-corrected chi connectivity index (χ2v) is 5.17. The minimum Gasteiger partial charge on any atom is -0.382 e. The van der Waals surface area contributed by atoms with Gasteiger partial charge in [0.05, 0.1) is 12.7 Å². The van der Waals surface area contributed by atoms with E-state index in [2.05, 4.69) is 5.16 Å². The van der Waals surface area contributed by atoms with E-state index in [-0.39, 0.29) is 11.9 Å². The van der Waals surface area contributed by atoms with Crippen molar-refractivity contribution in [3.05, 3.63) is 53.4 Å². The SMILES string of the molecule is COC(C)CCC(=O)c1cc(COCc2ccccc2)on1. The molecule has 1 heterocycles. The number of carbonyl (C=O) groups is 1. The van der Waals surface area contributed by atoms with Gasteiger partial charge in [-0.3, -0.25) is 4.79 Å². The van der Waals surface area contributed by atoms with Crippen molar-refractivity contribution in [3.63, 3.8) is 0 Å². The first-order chi connectivity index (χ1) is 10.7. The fourth-order valence-corrected chi connectivity index (χ4v) is 1.94. The molecule has 5 heteroatoms. The molecule has 2 aromatic rings. The van der Waals surface area contributed by atoms with Crippen molar-refractivity contribution in [3.8, 4) is 0 Å². The Morgan fingerprint density at radius 3 is 2.77 bits per heavy atom. The maximum absolute atomic E-state index is 12.0. The number of benzene rings is 1. The zero-order valence-corrected chi connectivity index (χ0v) is 13.0. The third kappa shape index (κ3) is 5.09. The molecule has 5 nitrogen and oxygen atoms in total. The lowest BCUT2D eigenvalue weighted by atomic mass is 10.1. The van der Waals surface area contributed by atoms with E-state index in [9.17, 15) is 4.79 Å². The number of ether oxygens (including phenoxy) is 2. The van der Waals surface area contributed by atoms with Crippen molar-refractivity contribution in [1.29, 1.82) is 0 Å². The van der Waals surface area contributed by atoms with Gasteiger partial charge in [-0.25, -0.2) is 0 Å². The van der Waals surface area contributed by atoms with Crippen molar-refractivity contribution in [2.45, 2.75) is 39.1 Å². The van der Waals surface area contributed by atoms with E-state index in [1.54, 1.807) is 13.2 Å². The fourth-order valence-electron chi connectivity index (χ4n) is 1.94. The number of aromatic nitrogens is 1. The van der Waals surface area contributed by atoms with Crippen LogP contribution in [0.4, 0.5) is 0 Å². The van der Waals surface area contributed by atoms with Crippen LogP contribution in [-0.2, 0) is 22.7 Å². The van der Waals surface area contributed by atoms with E-state index in [4.69, 9.17) is 14.0 Å². The average Bonchev–Trinajstić information content (AvgIpc) is 3.02. The fraction of sp³-hybridized carbons (Fsp3) is 0.412. The zero-order chi connectivity index (χ0) is 15.8. The molecule has 1 unspecified atom stereocenters. The maximum atomic E-state index is 12.0. The highest BCUT2D eigenvalue weighted by molar-refractivity contribution is 5.94. The molecule has 0 aliphatic carbocycles. The summed E-state index contributed by atoms with van der Waals surface area (Å²) in [5.74, 6) is 0.515. The molecule has 1 aromatic carbocycles. The van der Waals surface area contributed by atoms with Gasteiger partial charge < -0.3 is 14.0 Å². The largest absolute Gasteiger partial charge is 0.382 e. The molecule has 1 aromatic heterocycles. The highest BCUT2D eigenvalue weighted by Crippen LogP contribution is 2.11. The summed E-state index contributed by atoms with van der Waals surface area (Å²) in [5, 5.41) is 3.80. The van der Waals surface area contributed by atoms with Gasteiger partial charge in [0, 0.05) is 19.6 Å². The number of rotatable bonds is 9. The van der Waals surface area contributed by atoms with E-state index in [0.717, 1.165) is 5.56 Å². The first kappa shape index (κ1) is 16.4. The minimum absolute atomic E-state index is 0.0399. The topological polar surface area (TPSA) is 61.6 Å². The molecule has 0 N–H and O–H groups in total. The van der Waals surface area contributed by atoms with Gasteiger partial charge in [-0.05, 0) is 18.9 Å². The highest BCUT2D eigenvalue weighted by atomic mass is 16.5. The number of ketones is 1. The molecule has 0 aliphatic heterocycles. The Labute approximate surface area is 130 Å². The Hall–Kier alpha value is -1.98. The van der Waals surface area contributed by atoms with Gasteiger partial charge in [-0.15, -0.1) is 0 Å². The number of nitrogens with zero attached hydrogens (tertiary/aromatic N) is 1. The van der Waals surface area contributed by atoms with Crippen LogP contribution in [0.15, 0.2) is 40.9 Å². The van der Waals surface area contributed by atoms with Crippen LogP contribution in [0.25, 0.3) is 0 Å². The highest BCUT2D eigenvalue weighted by Gasteiger charge is 2.14. The lowest BCUT2D eigenvalue weighted by Crippen LogP contribution is -2.08. The summed E-state index contributed by atoms with van der Waals surface area (Å²) in [6.45, 7) is 2.72. The van der Waals surface area contributed by atoms with E-state index in [0.29, 0.717) is 37.5 Å². The smallest absolute Gasteiger partial charge is 0.184 e. The van der Waals surface area contributed by atoms with Crippen molar-refractivity contribution in [2.75, 3.05) is 7.11 Å². The van der Waals surface area contributed by atoms with Crippen LogP contribution in [0.5, 0.6) is 0 Å². The third-order valence-electron chi connectivity index (χ3n) is 3.38. The lowest BCUT2D eigenvalue weighted by Gasteiger charge is -2.06. The lowest BCUT2D eigenvalue weighted by molar-refractivity contribution is 0.0858. The monoisotopic (exact) mass is 303 g/mol. The van der Waals surface area contributed by atoms with Crippen molar-refractivity contribution < 1.29 is 18.8 Å². The summed E-state index contributed by atoms with van der Waals surface area (Å²) in [5.41, 5.74) is 1.44. The predicted molar refractivity (Wildman–Crippen MR) is 81.5 cm³/mol. The van der Waals surface area contributed by atoms with Gasteiger partial charge in [-0.1, -0.05) is 35.5 Å². The molecular weight excluding hydrogens is 282 g/mol. The van der Waals surface area contributed by atoms with Crippen LogP contribution in [0.3, 0.4) is 0 Å². The molecule has 118 valence electrons. The van der Waals surface area contributed by atoms with Crippen LogP contribution < -0.4 is 0 Å². The van der Waals surface area contributed by atoms with Gasteiger partial charge in [-0.2, -0.15) is 0 Å². The molecule has 0 bridgehead atoms. The summed E-state index contributed by atoms with van der Waals surface area (Å²) in [7, 11) is 1.63. The van der Waals surface area contributed by atoms with Gasteiger partial charge in [0.2, 0.25) is 0 Å². The summed E-state index contributed by atoms with van der Waals surface area (Å²) < 4.78 is 15.8. The van der Waals surface area contributed by atoms with E-state index >= 15 is 0 Å². The molecule has 0 saturated carbocycles. The third-order valence-corrected chi connectivity index (χ3v) is 3.38. The number of Topliss-reactive ketones (excluding diaryl/α,β-unsaturated/α-hetero) is 1. The Bertz CT molecular complexity index is 579. The van der Waals surface area contributed by atoms with E-state index < -0.39 is 0 Å². The molecule has 0 spiro atoms. The summed E-state index contributed by atoms with van der Waals surface area (Å²) in [4.78, 5) is 12.0. The molecule has 0 radical (unpaired) electrons. The molecule has 22 heavy (non-hydrogen) atoms. The Kier molecular flexibility index (Phi) is 6.30. The van der Waals surface area contributed by atoms with Crippen molar-refractivity contribution in [2.24, 2.45) is 0 Å². The summed E-state index contributed by atoms with van der Waals surface area (Å²) in [6.07, 6.45) is 1.12. The second kappa shape index (κ2) is 8.46. The van der Waals surface area contributed by atoms with Gasteiger partial charge in [0.25, 0.3) is 0 Å².